The third-order valence-electron chi connectivity index (χ3n) is 3.16. The van der Waals surface area contributed by atoms with E-state index in [0.717, 1.165) is 0 Å². The van der Waals surface area contributed by atoms with E-state index in [1.54, 1.807) is 6.92 Å². The lowest BCUT2D eigenvalue weighted by Crippen LogP contribution is -2.59. The van der Waals surface area contributed by atoms with Crippen molar-refractivity contribution in [1.29, 1.82) is 0 Å². The Kier molecular flexibility index (Phi) is 5.02. The maximum Gasteiger partial charge on any atom is 0.460 e. The molecule has 0 aromatic carbocycles. The minimum absolute atomic E-state index is 0.228. The van der Waals surface area contributed by atoms with Crippen molar-refractivity contribution in [2.24, 2.45) is 0 Å². The number of halogens is 7. The Hall–Kier alpha value is -1.81. The molecule has 1 atom stereocenters. The van der Waals surface area contributed by atoms with Crippen molar-refractivity contribution < 1.29 is 35.5 Å². The van der Waals surface area contributed by atoms with Crippen molar-refractivity contribution in [2.75, 3.05) is 0 Å². The lowest BCUT2D eigenvalue weighted by molar-refractivity contribution is -0.344. The van der Waals surface area contributed by atoms with Crippen LogP contribution in [0.3, 0.4) is 0 Å². The molecule has 0 spiro atoms. The standard InChI is InChI=1S/C12H14F7N3O/c1-4-22-5-8(7(3)21-22)6(2)20-9(23)10(13,14)11(15,16)12(17,18)19/h5-6H,4H2,1-3H3,(H,20,23). The van der Waals surface area contributed by atoms with Gasteiger partial charge in [-0.25, -0.2) is 0 Å². The van der Waals surface area contributed by atoms with Crippen LogP contribution in [0, 0.1) is 6.92 Å². The topological polar surface area (TPSA) is 46.9 Å². The molecule has 0 saturated heterocycles. The number of hydrogen-bond donors (Lipinski definition) is 1. The first-order valence-corrected chi connectivity index (χ1v) is 6.43. The lowest BCUT2D eigenvalue weighted by Gasteiger charge is -2.28. The monoisotopic (exact) mass is 349 g/mol. The second-order valence-corrected chi connectivity index (χ2v) is 4.87. The Morgan fingerprint density at radius 1 is 1.26 bits per heavy atom. The van der Waals surface area contributed by atoms with Crippen LogP contribution in [-0.4, -0.2) is 33.7 Å². The highest BCUT2D eigenvalue weighted by atomic mass is 19.4. The van der Waals surface area contributed by atoms with Gasteiger partial charge in [0.1, 0.15) is 0 Å². The summed E-state index contributed by atoms with van der Waals surface area (Å²) in [5.74, 6) is -15.1. The minimum Gasteiger partial charge on any atom is -0.344 e. The Labute approximate surface area is 126 Å². The summed E-state index contributed by atoms with van der Waals surface area (Å²) < 4.78 is 89.6. The van der Waals surface area contributed by atoms with E-state index in [2.05, 4.69) is 5.10 Å². The average Bonchev–Trinajstić information content (AvgIpc) is 2.78. The number of aryl methyl sites for hydroxylation is 2. The van der Waals surface area contributed by atoms with Crippen molar-refractivity contribution in [3.63, 3.8) is 0 Å². The Bertz CT molecular complexity index is 580. The number of amides is 1. The molecule has 0 fully saturated rings. The second kappa shape index (κ2) is 6.00. The summed E-state index contributed by atoms with van der Waals surface area (Å²) in [6.07, 6.45) is -5.18. The number of rotatable bonds is 5. The van der Waals surface area contributed by atoms with Crippen LogP contribution in [0.4, 0.5) is 30.7 Å². The summed E-state index contributed by atoms with van der Waals surface area (Å²) in [5.41, 5.74) is 0.553. The largest absolute Gasteiger partial charge is 0.460 e. The van der Waals surface area contributed by atoms with E-state index < -0.39 is 30.0 Å². The molecule has 1 aromatic heterocycles. The summed E-state index contributed by atoms with van der Waals surface area (Å²) >= 11 is 0. The smallest absolute Gasteiger partial charge is 0.344 e. The van der Waals surface area contributed by atoms with Gasteiger partial charge in [0.2, 0.25) is 0 Å². The molecule has 0 saturated carbocycles. The first kappa shape index (κ1) is 19.2. The van der Waals surface area contributed by atoms with Crippen LogP contribution in [-0.2, 0) is 11.3 Å². The zero-order valence-corrected chi connectivity index (χ0v) is 12.3. The fourth-order valence-electron chi connectivity index (χ4n) is 1.81. The summed E-state index contributed by atoms with van der Waals surface area (Å²) in [5, 5.41) is 5.43. The molecule has 1 heterocycles. The van der Waals surface area contributed by atoms with Gasteiger partial charge in [-0.2, -0.15) is 35.8 Å². The third kappa shape index (κ3) is 3.42. The molecule has 1 N–H and O–H groups in total. The van der Waals surface area contributed by atoms with Crippen LogP contribution in [0.2, 0.25) is 0 Å². The lowest BCUT2D eigenvalue weighted by atomic mass is 10.1. The molecule has 23 heavy (non-hydrogen) atoms. The quantitative estimate of drug-likeness (QED) is 0.830. The number of nitrogens with zero attached hydrogens (tertiary/aromatic N) is 2. The van der Waals surface area contributed by atoms with E-state index in [4.69, 9.17) is 0 Å². The number of aromatic nitrogens is 2. The van der Waals surface area contributed by atoms with Gasteiger partial charge in [0.25, 0.3) is 5.91 Å². The van der Waals surface area contributed by atoms with Crippen LogP contribution in [0.5, 0.6) is 0 Å². The van der Waals surface area contributed by atoms with Gasteiger partial charge in [0.15, 0.2) is 0 Å². The van der Waals surface area contributed by atoms with E-state index in [-0.39, 0.29) is 5.56 Å². The first-order chi connectivity index (χ1) is 10.3. The van der Waals surface area contributed by atoms with Crippen molar-refractivity contribution in [3.8, 4) is 0 Å². The van der Waals surface area contributed by atoms with Gasteiger partial charge in [-0.3, -0.25) is 9.48 Å². The molecule has 0 aliphatic rings. The molecule has 1 aromatic rings. The molecule has 0 aliphatic heterocycles. The van der Waals surface area contributed by atoms with E-state index in [1.165, 1.54) is 30.0 Å². The highest BCUT2D eigenvalue weighted by Crippen LogP contribution is 2.46. The Balaban J connectivity index is 2.99. The number of carbonyl (C=O) groups is 1. The number of alkyl halides is 7. The van der Waals surface area contributed by atoms with Crippen molar-refractivity contribution in [2.45, 2.75) is 51.4 Å². The molecule has 11 heteroatoms. The van der Waals surface area contributed by atoms with Crippen LogP contribution < -0.4 is 5.32 Å². The van der Waals surface area contributed by atoms with E-state index in [1.807, 2.05) is 0 Å². The van der Waals surface area contributed by atoms with Crippen molar-refractivity contribution in [3.05, 3.63) is 17.5 Å². The zero-order chi connectivity index (χ0) is 18.2. The van der Waals surface area contributed by atoms with E-state index in [9.17, 15) is 35.5 Å². The third-order valence-corrected chi connectivity index (χ3v) is 3.16. The van der Waals surface area contributed by atoms with Gasteiger partial charge in [-0.05, 0) is 20.8 Å². The number of carbonyl (C=O) groups excluding carboxylic acids is 1. The SMILES string of the molecule is CCn1cc(C(C)NC(=O)C(F)(F)C(F)(F)C(F)(F)F)c(C)n1. The first-order valence-electron chi connectivity index (χ1n) is 6.43. The van der Waals surface area contributed by atoms with Gasteiger partial charge < -0.3 is 5.32 Å². The number of nitrogens with one attached hydrogen (secondary N) is 1. The van der Waals surface area contributed by atoms with Crippen LogP contribution in [0.25, 0.3) is 0 Å². The summed E-state index contributed by atoms with van der Waals surface area (Å²) in [6.45, 7) is 4.79. The predicted molar refractivity (Wildman–Crippen MR) is 65.1 cm³/mol. The maximum absolute atomic E-state index is 13.2. The zero-order valence-electron chi connectivity index (χ0n) is 12.3. The predicted octanol–water partition coefficient (Wildman–Crippen LogP) is 3.22. The molecule has 132 valence electrons. The highest BCUT2D eigenvalue weighted by Gasteiger charge is 2.76. The highest BCUT2D eigenvalue weighted by molar-refractivity contribution is 5.85. The maximum atomic E-state index is 13.2. The normalized spacial score (nSPS) is 14.7. The second-order valence-electron chi connectivity index (χ2n) is 4.87. The molecule has 1 rings (SSSR count). The molecule has 0 radical (unpaired) electrons. The van der Waals surface area contributed by atoms with Crippen LogP contribution in [0.15, 0.2) is 6.20 Å². The van der Waals surface area contributed by atoms with Crippen molar-refractivity contribution in [1.82, 2.24) is 15.1 Å². The summed E-state index contributed by atoms with van der Waals surface area (Å²) in [4.78, 5) is 11.3. The Morgan fingerprint density at radius 3 is 2.17 bits per heavy atom. The fourth-order valence-corrected chi connectivity index (χ4v) is 1.81. The molecule has 0 aliphatic carbocycles. The molecular weight excluding hydrogens is 335 g/mol. The van der Waals surface area contributed by atoms with Crippen LogP contribution in [0.1, 0.15) is 31.1 Å². The molecular formula is C12H14F7N3O. The number of hydrogen-bond acceptors (Lipinski definition) is 2. The minimum atomic E-state index is -6.56. The Morgan fingerprint density at radius 2 is 1.78 bits per heavy atom. The van der Waals surface area contributed by atoms with Gasteiger partial charge in [0.05, 0.1) is 11.7 Å². The molecule has 1 unspecified atom stereocenters. The van der Waals surface area contributed by atoms with E-state index in [0.29, 0.717) is 12.2 Å². The van der Waals surface area contributed by atoms with Crippen molar-refractivity contribution >= 4 is 5.91 Å². The van der Waals surface area contributed by atoms with Gasteiger partial charge in [-0.1, -0.05) is 0 Å². The average molecular weight is 349 g/mol. The van der Waals surface area contributed by atoms with Gasteiger partial charge >= 0.3 is 18.0 Å². The summed E-state index contributed by atoms with van der Waals surface area (Å²) in [6, 6.07) is -1.22. The van der Waals surface area contributed by atoms with E-state index >= 15 is 0 Å². The summed E-state index contributed by atoms with van der Waals surface area (Å²) in [7, 11) is 0. The molecule has 4 nitrogen and oxygen atoms in total. The van der Waals surface area contributed by atoms with Gasteiger partial charge in [-0.15, -0.1) is 0 Å². The van der Waals surface area contributed by atoms with Gasteiger partial charge in [0, 0.05) is 18.3 Å². The molecule has 1 amide bonds. The van der Waals surface area contributed by atoms with Crippen LogP contribution >= 0.6 is 0 Å². The molecule has 0 bridgehead atoms. The fraction of sp³-hybridized carbons (Fsp3) is 0.667.